The third-order valence-electron chi connectivity index (χ3n) is 6.69. The highest BCUT2D eigenvalue weighted by Gasteiger charge is 2.34. The van der Waals surface area contributed by atoms with Crippen molar-refractivity contribution in [2.45, 2.75) is 32.1 Å². The molecule has 0 spiro atoms. The van der Waals surface area contributed by atoms with E-state index in [1.165, 1.54) is 12.1 Å². The van der Waals surface area contributed by atoms with Gasteiger partial charge in [-0.1, -0.05) is 13.0 Å². The maximum Gasteiger partial charge on any atom is 0.416 e. The summed E-state index contributed by atoms with van der Waals surface area (Å²) in [6.07, 6.45) is -2.15. The van der Waals surface area contributed by atoms with E-state index in [2.05, 4.69) is 37.7 Å². The molecule has 0 radical (unpaired) electrons. The topological polar surface area (TPSA) is 88.7 Å². The Morgan fingerprint density at radius 3 is 2.56 bits per heavy atom. The number of aromatic nitrogens is 2. The molecule has 4 rings (SSSR count). The molecule has 2 amide bonds. The number of halogens is 3. The van der Waals surface area contributed by atoms with Gasteiger partial charge in [0.15, 0.2) is 0 Å². The van der Waals surface area contributed by atoms with Crippen LogP contribution in [0.25, 0.3) is 0 Å². The molecule has 1 aromatic heterocycles. The summed E-state index contributed by atoms with van der Waals surface area (Å²) in [5.74, 6) is 1.26. The first-order chi connectivity index (χ1) is 17.2. The Bertz CT molecular complexity index is 1040. The molecule has 0 saturated carbocycles. The molecule has 1 atom stereocenters. The van der Waals surface area contributed by atoms with Gasteiger partial charge in [0, 0.05) is 70.8 Å². The second kappa shape index (κ2) is 11.3. The lowest BCUT2D eigenvalue weighted by molar-refractivity contribution is -0.138. The van der Waals surface area contributed by atoms with Crippen LogP contribution >= 0.6 is 0 Å². The van der Waals surface area contributed by atoms with Gasteiger partial charge in [-0.15, -0.1) is 0 Å². The summed E-state index contributed by atoms with van der Waals surface area (Å²) in [7, 11) is 1.74. The van der Waals surface area contributed by atoms with Crippen LogP contribution in [0.2, 0.25) is 0 Å². The number of piperazine rings is 1. The largest absolute Gasteiger partial charge is 0.416 e. The molecule has 0 aliphatic carbocycles. The van der Waals surface area contributed by atoms with E-state index in [1.807, 2.05) is 9.80 Å². The fraction of sp³-hybridized carbons (Fsp3) is 0.542. The molecule has 1 unspecified atom stereocenters. The maximum absolute atomic E-state index is 13.8. The average molecular weight is 507 g/mol. The monoisotopic (exact) mass is 506 g/mol. The smallest absolute Gasteiger partial charge is 0.357 e. The minimum absolute atomic E-state index is 0.115. The highest BCUT2D eigenvalue weighted by atomic mass is 19.4. The molecule has 2 aromatic rings. The zero-order valence-electron chi connectivity index (χ0n) is 20.6. The van der Waals surface area contributed by atoms with Gasteiger partial charge in [-0.25, -0.2) is 9.78 Å². The first-order valence-corrected chi connectivity index (χ1v) is 12.2. The number of likely N-dealkylation sites (N-methyl/N-ethyl adjacent to an activating group) is 1. The van der Waals surface area contributed by atoms with Crippen LogP contribution in [-0.4, -0.2) is 84.7 Å². The fourth-order valence-corrected chi connectivity index (χ4v) is 4.65. The molecule has 2 saturated heterocycles. The number of nitrogens with zero attached hydrogens (tertiary/aromatic N) is 5. The predicted molar refractivity (Wildman–Crippen MR) is 133 cm³/mol. The van der Waals surface area contributed by atoms with E-state index in [1.54, 1.807) is 19.3 Å². The van der Waals surface area contributed by atoms with E-state index >= 15 is 0 Å². The minimum Gasteiger partial charge on any atom is -0.357 e. The van der Waals surface area contributed by atoms with Gasteiger partial charge >= 0.3 is 12.2 Å². The Morgan fingerprint density at radius 2 is 1.86 bits per heavy atom. The molecule has 196 valence electrons. The highest BCUT2D eigenvalue weighted by molar-refractivity contribution is 5.89. The number of rotatable bonds is 7. The number of alkyl halides is 3. The van der Waals surface area contributed by atoms with Gasteiger partial charge < -0.3 is 25.8 Å². The van der Waals surface area contributed by atoms with Gasteiger partial charge in [0.1, 0.15) is 5.82 Å². The average Bonchev–Trinajstić information content (AvgIpc) is 3.33. The number of anilines is 3. The Hall–Kier alpha value is -3.12. The van der Waals surface area contributed by atoms with E-state index in [9.17, 15) is 18.0 Å². The molecule has 1 aromatic carbocycles. The van der Waals surface area contributed by atoms with Gasteiger partial charge in [-0.2, -0.15) is 18.2 Å². The van der Waals surface area contributed by atoms with E-state index < -0.39 is 17.8 Å². The van der Waals surface area contributed by atoms with Crippen molar-refractivity contribution in [3.05, 3.63) is 41.6 Å². The number of hydrogen-bond acceptors (Lipinski definition) is 7. The quantitative estimate of drug-likeness (QED) is 0.532. The molecular formula is C24H33F3N8O. The molecule has 3 heterocycles. The third-order valence-corrected chi connectivity index (χ3v) is 6.69. The molecule has 12 heteroatoms. The SMILES string of the molecule is CCN1CCN(Cc2ccc(NC(=O)NC3CCN(c4ccnc(NC)n4)C3)cc2C(F)(F)F)CC1. The van der Waals surface area contributed by atoms with Crippen LogP contribution in [0.4, 0.5) is 35.4 Å². The van der Waals surface area contributed by atoms with E-state index in [-0.39, 0.29) is 23.8 Å². The standard InChI is InChI=1S/C24H33F3N8O/c1-3-33-10-12-34(13-11-33)15-17-4-5-18(14-20(17)24(25,26)27)30-23(36)31-19-7-9-35(16-19)21-6-8-29-22(28-2)32-21/h4-6,8,14,19H,3,7,9-13,15-16H2,1-2H3,(H,28,29,32)(H2,30,31,36). The number of urea groups is 1. The van der Waals surface area contributed by atoms with Crippen LogP contribution in [0.3, 0.4) is 0 Å². The van der Waals surface area contributed by atoms with Crippen LogP contribution < -0.4 is 20.9 Å². The van der Waals surface area contributed by atoms with Gasteiger partial charge in [0.05, 0.1) is 5.56 Å². The van der Waals surface area contributed by atoms with Crippen molar-refractivity contribution in [3.8, 4) is 0 Å². The number of carbonyl (C=O) groups is 1. The molecule has 2 aliphatic heterocycles. The normalized spacial score (nSPS) is 19.4. The van der Waals surface area contributed by atoms with Crippen molar-refractivity contribution in [2.75, 3.05) is 68.4 Å². The summed E-state index contributed by atoms with van der Waals surface area (Å²) in [4.78, 5) is 27.4. The lowest BCUT2D eigenvalue weighted by atomic mass is 10.0. The zero-order valence-corrected chi connectivity index (χ0v) is 20.6. The number of nitrogens with one attached hydrogen (secondary N) is 3. The van der Waals surface area contributed by atoms with Gasteiger partial charge in [-0.3, -0.25) is 4.90 Å². The molecular weight excluding hydrogens is 473 g/mol. The maximum atomic E-state index is 13.8. The fourth-order valence-electron chi connectivity index (χ4n) is 4.65. The summed E-state index contributed by atoms with van der Waals surface area (Å²) >= 11 is 0. The first-order valence-electron chi connectivity index (χ1n) is 12.2. The Morgan fingerprint density at radius 1 is 1.11 bits per heavy atom. The van der Waals surface area contributed by atoms with Crippen molar-refractivity contribution in [3.63, 3.8) is 0 Å². The Kier molecular flexibility index (Phi) is 8.14. The van der Waals surface area contributed by atoms with Gasteiger partial charge in [0.2, 0.25) is 5.95 Å². The van der Waals surface area contributed by atoms with Crippen LogP contribution in [0.1, 0.15) is 24.5 Å². The van der Waals surface area contributed by atoms with Crippen LogP contribution in [0, 0.1) is 0 Å². The summed E-state index contributed by atoms with van der Waals surface area (Å²) in [6, 6.07) is 5.15. The molecule has 9 nitrogen and oxygen atoms in total. The summed E-state index contributed by atoms with van der Waals surface area (Å²) in [5.41, 5.74) is -0.381. The molecule has 3 N–H and O–H groups in total. The van der Waals surface area contributed by atoms with Crippen molar-refractivity contribution in [2.24, 2.45) is 0 Å². The van der Waals surface area contributed by atoms with Crippen LogP contribution in [-0.2, 0) is 12.7 Å². The number of hydrogen-bond donors (Lipinski definition) is 3. The first kappa shape index (κ1) is 26.0. The van der Waals surface area contributed by atoms with Crippen molar-refractivity contribution in [1.82, 2.24) is 25.1 Å². The third kappa shape index (κ3) is 6.55. The van der Waals surface area contributed by atoms with Gasteiger partial charge in [0.25, 0.3) is 0 Å². The summed E-state index contributed by atoms with van der Waals surface area (Å²) < 4.78 is 41.5. The van der Waals surface area contributed by atoms with Gasteiger partial charge in [-0.05, 0) is 36.7 Å². The number of amides is 2. The lowest BCUT2D eigenvalue weighted by Gasteiger charge is -2.34. The Balaban J connectivity index is 1.35. The number of carbonyl (C=O) groups excluding carboxylic acids is 1. The van der Waals surface area contributed by atoms with E-state index in [4.69, 9.17) is 0 Å². The second-order valence-corrected chi connectivity index (χ2v) is 9.10. The molecule has 2 aliphatic rings. The Labute approximate surface area is 209 Å². The molecule has 2 fully saturated rings. The van der Waals surface area contributed by atoms with Crippen molar-refractivity contribution < 1.29 is 18.0 Å². The highest BCUT2D eigenvalue weighted by Crippen LogP contribution is 2.34. The lowest BCUT2D eigenvalue weighted by Crippen LogP contribution is -2.45. The zero-order chi connectivity index (χ0) is 25.7. The summed E-state index contributed by atoms with van der Waals surface area (Å²) in [6.45, 7) is 7.68. The molecule has 0 bridgehead atoms. The summed E-state index contributed by atoms with van der Waals surface area (Å²) in [5, 5.41) is 8.33. The predicted octanol–water partition coefficient (Wildman–Crippen LogP) is 3.08. The van der Waals surface area contributed by atoms with E-state index in [0.29, 0.717) is 25.5 Å². The second-order valence-electron chi connectivity index (χ2n) is 9.10. The van der Waals surface area contributed by atoms with Crippen molar-refractivity contribution >= 4 is 23.5 Å². The molecule has 36 heavy (non-hydrogen) atoms. The minimum atomic E-state index is -4.51. The van der Waals surface area contributed by atoms with Crippen LogP contribution in [0.15, 0.2) is 30.5 Å². The van der Waals surface area contributed by atoms with Crippen molar-refractivity contribution in [1.29, 1.82) is 0 Å². The van der Waals surface area contributed by atoms with E-state index in [0.717, 1.165) is 44.6 Å². The van der Waals surface area contributed by atoms with Crippen LogP contribution in [0.5, 0.6) is 0 Å². The number of benzene rings is 1.